The summed E-state index contributed by atoms with van der Waals surface area (Å²) in [6.45, 7) is 8.45. The largest absolute Gasteiger partial charge is 0.465 e. The van der Waals surface area contributed by atoms with Crippen molar-refractivity contribution in [2.45, 2.75) is 47.0 Å². The molecule has 0 amide bonds. The summed E-state index contributed by atoms with van der Waals surface area (Å²) >= 11 is 0. The standard InChI is InChI=1S/C14H24O5/c1-10(2)5-7-18-13(16)9-12(15)14(17)19-8-6-11(3)4/h10-11H,5-9H2,1-4H3. The van der Waals surface area contributed by atoms with Crippen LogP contribution >= 0.6 is 0 Å². The highest BCUT2D eigenvalue weighted by molar-refractivity contribution is 6.36. The van der Waals surface area contributed by atoms with Crippen LogP contribution in [0, 0.1) is 11.8 Å². The summed E-state index contributed by atoms with van der Waals surface area (Å²) < 4.78 is 9.61. The fourth-order valence-electron chi connectivity index (χ4n) is 1.13. The zero-order valence-corrected chi connectivity index (χ0v) is 12.2. The monoisotopic (exact) mass is 272 g/mol. The second-order valence-corrected chi connectivity index (χ2v) is 5.32. The van der Waals surface area contributed by atoms with Gasteiger partial charge in [-0.1, -0.05) is 27.7 Å². The van der Waals surface area contributed by atoms with Gasteiger partial charge in [0.1, 0.15) is 6.42 Å². The molecular formula is C14H24O5. The van der Waals surface area contributed by atoms with Crippen LogP contribution < -0.4 is 0 Å². The van der Waals surface area contributed by atoms with Crippen molar-refractivity contribution in [3.8, 4) is 0 Å². The van der Waals surface area contributed by atoms with Gasteiger partial charge in [0.15, 0.2) is 0 Å². The predicted octanol–water partition coefficient (Wildman–Crippen LogP) is 2.12. The molecule has 5 nitrogen and oxygen atoms in total. The van der Waals surface area contributed by atoms with Gasteiger partial charge in [-0.25, -0.2) is 4.79 Å². The Kier molecular flexibility index (Phi) is 8.83. The number of carbonyl (C=O) groups excluding carboxylic acids is 3. The number of esters is 2. The summed E-state index contributed by atoms with van der Waals surface area (Å²) in [5, 5.41) is 0. The Morgan fingerprint density at radius 2 is 1.32 bits per heavy atom. The van der Waals surface area contributed by atoms with Gasteiger partial charge >= 0.3 is 11.9 Å². The van der Waals surface area contributed by atoms with E-state index in [1.54, 1.807) is 0 Å². The number of hydrogen-bond acceptors (Lipinski definition) is 5. The van der Waals surface area contributed by atoms with E-state index in [1.807, 2.05) is 27.7 Å². The Bertz CT molecular complexity index is 307. The van der Waals surface area contributed by atoms with Gasteiger partial charge in [0.25, 0.3) is 5.78 Å². The third-order valence-electron chi connectivity index (χ3n) is 2.42. The van der Waals surface area contributed by atoms with E-state index in [-0.39, 0.29) is 13.2 Å². The van der Waals surface area contributed by atoms with Crippen LogP contribution in [0.3, 0.4) is 0 Å². The maximum Gasteiger partial charge on any atom is 0.375 e. The molecule has 0 aliphatic rings. The molecule has 0 unspecified atom stereocenters. The SMILES string of the molecule is CC(C)CCOC(=O)CC(=O)C(=O)OCCC(C)C. The number of rotatable bonds is 9. The molecule has 0 aromatic carbocycles. The lowest BCUT2D eigenvalue weighted by atomic mass is 10.1. The van der Waals surface area contributed by atoms with Crippen molar-refractivity contribution in [3.05, 3.63) is 0 Å². The van der Waals surface area contributed by atoms with E-state index in [9.17, 15) is 14.4 Å². The second-order valence-electron chi connectivity index (χ2n) is 5.32. The fraction of sp³-hybridized carbons (Fsp3) is 0.786. The molecule has 0 aromatic heterocycles. The van der Waals surface area contributed by atoms with E-state index >= 15 is 0 Å². The van der Waals surface area contributed by atoms with Crippen LogP contribution in [0.4, 0.5) is 0 Å². The molecule has 0 spiro atoms. The van der Waals surface area contributed by atoms with Gasteiger partial charge < -0.3 is 9.47 Å². The molecule has 0 atom stereocenters. The minimum absolute atomic E-state index is 0.199. The topological polar surface area (TPSA) is 69.7 Å². The predicted molar refractivity (Wildman–Crippen MR) is 70.5 cm³/mol. The van der Waals surface area contributed by atoms with Crippen LogP contribution in [-0.2, 0) is 23.9 Å². The molecule has 0 aliphatic heterocycles. The van der Waals surface area contributed by atoms with Crippen LogP contribution in [0.1, 0.15) is 47.0 Å². The molecule has 0 saturated heterocycles. The summed E-state index contributed by atoms with van der Waals surface area (Å²) in [5.74, 6) is -1.67. The molecule has 0 saturated carbocycles. The molecule has 0 bridgehead atoms. The summed E-state index contributed by atoms with van der Waals surface area (Å²) in [7, 11) is 0. The van der Waals surface area contributed by atoms with Crippen molar-refractivity contribution in [2.75, 3.05) is 13.2 Å². The van der Waals surface area contributed by atoms with Gasteiger partial charge in [0.05, 0.1) is 13.2 Å². The van der Waals surface area contributed by atoms with Crippen LogP contribution in [0.2, 0.25) is 0 Å². The van der Waals surface area contributed by atoms with Gasteiger partial charge in [-0.05, 0) is 24.7 Å². The third-order valence-corrected chi connectivity index (χ3v) is 2.42. The van der Waals surface area contributed by atoms with Gasteiger partial charge in [0.2, 0.25) is 0 Å². The molecule has 19 heavy (non-hydrogen) atoms. The smallest absolute Gasteiger partial charge is 0.375 e. The number of Topliss-reactive ketones (excluding diaryl/α,β-unsaturated/α-hetero) is 1. The fourth-order valence-corrected chi connectivity index (χ4v) is 1.13. The second kappa shape index (κ2) is 9.53. The zero-order chi connectivity index (χ0) is 14.8. The Labute approximate surface area is 114 Å². The van der Waals surface area contributed by atoms with Gasteiger partial charge in [-0.3, -0.25) is 9.59 Å². The van der Waals surface area contributed by atoms with E-state index in [2.05, 4.69) is 0 Å². The van der Waals surface area contributed by atoms with Crippen molar-refractivity contribution >= 4 is 17.7 Å². The van der Waals surface area contributed by atoms with E-state index in [4.69, 9.17) is 9.47 Å². The molecule has 0 rings (SSSR count). The van der Waals surface area contributed by atoms with Crippen molar-refractivity contribution in [1.29, 1.82) is 0 Å². The van der Waals surface area contributed by atoms with E-state index < -0.39 is 24.1 Å². The average Bonchev–Trinajstić information content (AvgIpc) is 2.27. The minimum atomic E-state index is -0.957. The molecule has 0 fully saturated rings. The number of ketones is 1. The summed E-state index contributed by atoms with van der Waals surface area (Å²) in [6.07, 6.45) is 0.884. The highest BCUT2D eigenvalue weighted by Gasteiger charge is 2.20. The Morgan fingerprint density at radius 3 is 1.79 bits per heavy atom. The summed E-state index contributed by atoms with van der Waals surface area (Å²) in [5.41, 5.74) is 0. The number of ether oxygens (including phenoxy) is 2. The van der Waals surface area contributed by atoms with Crippen LogP contribution in [-0.4, -0.2) is 30.9 Å². The van der Waals surface area contributed by atoms with E-state index in [0.717, 1.165) is 6.42 Å². The Morgan fingerprint density at radius 1 is 0.842 bits per heavy atom. The lowest BCUT2D eigenvalue weighted by Gasteiger charge is -2.07. The maximum absolute atomic E-state index is 11.4. The van der Waals surface area contributed by atoms with Crippen molar-refractivity contribution in [3.63, 3.8) is 0 Å². The summed E-state index contributed by atoms with van der Waals surface area (Å²) in [4.78, 5) is 33.9. The Hall–Kier alpha value is -1.39. The van der Waals surface area contributed by atoms with Crippen molar-refractivity contribution in [1.82, 2.24) is 0 Å². The molecular weight excluding hydrogens is 248 g/mol. The first-order chi connectivity index (χ1) is 8.82. The van der Waals surface area contributed by atoms with E-state index in [0.29, 0.717) is 18.3 Å². The molecule has 110 valence electrons. The molecule has 0 radical (unpaired) electrons. The quantitative estimate of drug-likeness (QED) is 0.365. The van der Waals surface area contributed by atoms with Gasteiger partial charge in [-0.2, -0.15) is 0 Å². The Balaban J connectivity index is 3.82. The minimum Gasteiger partial charge on any atom is -0.465 e. The third kappa shape index (κ3) is 10.2. The van der Waals surface area contributed by atoms with Crippen LogP contribution in [0.25, 0.3) is 0 Å². The maximum atomic E-state index is 11.4. The molecule has 0 heterocycles. The molecule has 5 heteroatoms. The molecule has 0 N–H and O–H groups in total. The normalized spacial score (nSPS) is 10.6. The molecule has 0 aliphatic carbocycles. The highest BCUT2D eigenvalue weighted by atomic mass is 16.5. The van der Waals surface area contributed by atoms with Crippen molar-refractivity contribution < 1.29 is 23.9 Å². The van der Waals surface area contributed by atoms with Gasteiger partial charge in [0, 0.05) is 0 Å². The van der Waals surface area contributed by atoms with Crippen LogP contribution in [0.5, 0.6) is 0 Å². The van der Waals surface area contributed by atoms with Crippen LogP contribution in [0.15, 0.2) is 0 Å². The van der Waals surface area contributed by atoms with E-state index in [1.165, 1.54) is 0 Å². The first-order valence-corrected chi connectivity index (χ1v) is 6.68. The lowest BCUT2D eigenvalue weighted by Crippen LogP contribution is -2.22. The number of hydrogen-bond donors (Lipinski definition) is 0. The average molecular weight is 272 g/mol. The molecule has 0 aromatic rings. The number of carbonyl (C=O) groups is 3. The summed E-state index contributed by atoms with van der Waals surface area (Å²) in [6, 6.07) is 0. The van der Waals surface area contributed by atoms with Gasteiger partial charge in [-0.15, -0.1) is 0 Å². The highest BCUT2D eigenvalue weighted by Crippen LogP contribution is 2.02. The lowest BCUT2D eigenvalue weighted by molar-refractivity contribution is -0.158. The van der Waals surface area contributed by atoms with Crippen molar-refractivity contribution in [2.24, 2.45) is 11.8 Å². The first kappa shape index (κ1) is 17.6. The first-order valence-electron chi connectivity index (χ1n) is 6.68. The zero-order valence-electron chi connectivity index (χ0n) is 12.2.